The molecular weight excluding hydrogens is 248 g/mol. The minimum Gasteiger partial charge on any atom is -0.490 e. The minimum atomic E-state index is 0.209. The third-order valence-electron chi connectivity index (χ3n) is 3.53. The molecule has 4 heteroatoms. The molecule has 0 saturated heterocycles. The Hall–Kier alpha value is -0.960. The lowest BCUT2D eigenvalue weighted by molar-refractivity contribution is 0.336. The molecule has 3 nitrogen and oxygen atoms in total. The van der Waals surface area contributed by atoms with Crippen LogP contribution in [0.3, 0.4) is 0 Å². The first-order chi connectivity index (χ1) is 8.74. The van der Waals surface area contributed by atoms with Crippen molar-refractivity contribution in [3.05, 3.63) is 18.3 Å². The average Bonchev–Trinajstić information content (AvgIpc) is 2.40. The normalized spacial score (nSPS) is 23.7. The summed E-state index contributed by atoms with van der Waals surface area (Å²) >= 11 is 6.45. The smallest absolute Gasteiger partial charge is 0.171 e. The molecule has 1 aromatic rings. The fourth-order valence-electron chi connectivity index (χ4n) is 2.57. The Morgan fingerprint density at radius 2 is 2.22 bits per heavy atom. The molecule has 1 aromatic heterocycles. The number of aromatic nitrogens is 1. The first-order valence-corrected chi connectivity index (χ1v) is 7.12. The van der Waals surface area contributed by atoms with E-state index in [1.54, 1.807) is 6.20 Å². The Balaban J connectivity index is 2.19. The van der Waals surface area contributed by atoms with Gasteiger partial charge in [-0.15, -0.1) is 11.6 Å². The lowest BCUT2D eigenvalue weighted by Gasteiger charge is -2.36. The molecular formula is C14H21ClN2O. The molecule has 0 radical (unpaired) electrons. The van der Waals surface area contributed by atoms with E-state index in [-0.39, 0.29) is 5.38 Å². The number of alkyl halides is 1. The second-order valence-corrected chi connectivity index (χ2v) is 5.30. The third kappa shape index (κ3) is 2.89. The van der Waals surface area contributed by atoms with Crippen molar-refractivity contribution >= 4 is 17.4 Å². The molecule has 0 spiro atoms. The van der Waals surface area contributed by atoms with Gasteiger partial charge in [0.25, 0.3) is 0 Å². The zero-order chi connectivity index (χ0) is 13.0. The van der Waals surface area contributed by atoms with Crippen molar-refractivity contribution < 1.29 is 4.74 Å². The van der Waals surface area contributed by atoms with Crippen LogP contribution in [0.1, 0.15) is 32.6 Å². The van der Waals surface area contributed by atoms with Gasteiger partial charge in [0, 0.05) is 19.3 Å². The highest BCUT2D eigenvalue weighted by Crippen LogP contribution is 2.32. The summed E-state index contributed by atoms with van der Waals surface area (Å²) < 4.78 is 5.64. The molecule has 0 amide bonds. The van der Waals surface area contributed by atoms with E-state index >= 15 is 0 Å². The van der Waals surface area contributed by atoms with Crippen LogP contribution in [0.25, 0.3) is 0 Å². The highest BCUT2D eigenvalue weighted by molar-refractivity contribution is 6.21. The number of pyridine rings is 1. The molecule has 1 fully saturated rings. The minimum absolute atomic E-state index is 0.209. The largest absolute Gasteiger partial charge is 0.490 e. The SMILES string of the molecule is CCOc1cccnc1N(C)C1CCCCC1Cl. The van der Waals surface area contributed by atoms with Crippen LogP contribution < -0.4 is 9.64 Å². The molecule has 2 atom stereocenters. The molecule has 0 aliphatic heterocycles. The molecule has 2 rings (SSSR count). The summed E-state index contributed by atoms with van der Waals surface area (Å²) in [5, 5.41) is 0.209. The second kappa shape index (κ2) is 6.28. The molecule has 0 bridgehead atoms. The third-order valence-corrected chi connectivity index (χ3v) is 4.04. The van der Waals surface area contributed by atoms with E-state index in [0.717, 1.165) is 24.4 Å². The lowest BCUT2D eigenvalue weighted by atomic mass is 9.94. The Morgan fingerprint density at radius 3 is 2.94 bits per heavy atom. The van der Waals surface area contributed by atoms with E-state index < -0.39 is 0 Å². The maximum atomic E-state index is 6.45. The summed E-state index contributed by atoms with van der Waals surface area (Å²) in [6.45, 7) is 2.64. The number of nitrogens with zero attached hydrogens (tertiary/aromatic N) is 2. The summed E-state index contributed by atoms with van der Waals surface area (Å²) in [5.41, 5.74) is 0. The number of hydrogen-bond acceptors (Lipinski definition) is 3. The van der Waals surface area contributed by atoms with E-state index in [2.05, 4.69) is 16.9 Å². The second-order valence-electron chi connectivity index (χ2n) is 4.74. The van der Waals surface area contributed by atoms with Crippen molar-refractivity contribution in [3.63, 3.8) is 0 Å². The van der Waals surface area contributed by atoms with Crippen LogP contribution in [0, 0.1) is 0 Å². The van der Waals surface area contributed by atoms with Crippen molar-refractivity contribution in [2.24, 2.45) is 0 Å². The maximum Gasteiger partial charge on any atom is 0.171 e. The number of halogens is 1. The first-order valence-electron chi connectivity index (χ1n) is 6.68. The summed E-state index contributed by atoms with van der Waals surface area (Å²) in [4.78, 5) is 6.63. The Labute approximate surface area is 114 Å². The Bertz CT molecular complexity index is 386. The standard InChI is InChI=1S/C14H21ClN2O/c1-3-18-13-9-6-10-16-14(13)17(2)12-8-5-4-7-11(12)15/h6,9-12H,3-5,7-8H2,1-2H3. The molecule has 1 aliphatic carbocycles. The van der Waals surface area contributed by atoms with Gasteiger partial charge in [-0.2, -0.15) is 0 Å². The predicted octanol–water partition coefficient (Wildman–Crippen LogP) is 3.47. The predicted molar refractivity (Wildman–Crippen MR) is 75.7 cm³/mol. The van der Waals surface area contributed by atoms with Gasteiger partial charge in [-0.3, -0.25) is 0 Å². The molecule has 1 saturated carbocycles. The summed E-state index contributed by atoms with van der Waals surface area (Å²) in [6.07, 6.45) is 6.51. The van der Waals surface area contributed by atoms with Crippen molar-refractivity contribution in [1.82, 2.24) is 4.98 Å². The van der Waals surface area contributed by atoms with E-state index in [4.69, 9.17) is 16.3 Å². The lowest BCUT2D eigenvalue weighted by Crippen LogP contribution is -2.41. The van der Waals surface area contributed by atoms with Crippen molar-refractivity contribution in [2.45, 2.75) is 44.0 Å². The van der Waals surface area contributed by atoms with Crippen LogP contribution >= 0.6 is 11.6 Å². The molecule has 0 aromatic carbocycles. The molecule has 1 aliphatic rings. The van der Waals surface area contributed by atoms with Crippen LogP contribution in [0.4, 0.5) is 5.82 Å². The Morgan fingerprint density at radius 1 is 1.44 bits per heavy atom. The van der Waals surface area contributed by atoms with E-state index in [1.165, 1.54) is 12.8 Å². The fraction of sp³-hybridized carbons (Fsp3) is 0.643. The van der Waals surface area contributed by atoms with Crippen LogP contribution in [-0.4, -0.2) is 30.1 Å². The quantitative estimate of drug-likeness (QED) is 0.782. The summed E-state index contributed by atoms with van der Waals surface area (Å²) in [5.74, 6) is 1.74. The monoisotopic (exact) mass is 268 g/mol. The van der Waals surface area contributed by atoms with Gasteiger partial charge in [-0.05, 0) is 31.9 Å². The zero-order valence-corrected chi connectivity index (χ0v) is 11.9. The van der Waals surface area contributed by atoms with Crippen LogP contribution in [0.2, 0.25) is 0 Å². The molecule has 2 unspecified atom stereocenters. The number of anilines is 1. The Kier molecular flexibility index (Phi) is 4.70. The van der Waals surface area contributed by atoms with E-state index in [0.29, 0.717) is 12.6 Å². The van der Waals surface area contributed by atoms with Crippen molar-refractivity contribution in [3.8, 4) is 5.75 Å². The van der Waals surface area contributed by atoms with Crippen LogP contribution in [-0.2, 0) is 0 Å². The first kappa shape index (κ1) is 13.5. The van der Waals surface area contributed by atoms with Gasteiger partial charge >= 0.3 is 0 Å². The number of rotatable bonds is 4. The van der Waals surface area contributed by atoms with Crippen molar-refractivity contribution in [2.75, 3.05) is 18.6 Å². The number of hydrogen-bond donors (Lipinski definition) is 0. The van der Waals surface area contributed by atoms with Gasteiger partial charge in [0.1, 0.15) is 0 Å². The average molecular weight is 269 g/mol. The van der Waals surface area contributed by atoms with Crippen LogP contribution in [0.5, 0.6) is 5.75 Å². The van der Waals surface area contributed by atoms with Gasteiger partial charge < -0.3 is 9.64 Å². The maximum absolute atomic E-state index is 6.45. The van der Waals surface area contributed by atoms with Gasteiger partial charge in [0.05, 0.1) is 12.0 Å². The van der Waals surface area contributed by atoms with Gasteiger partial charge in [-0.1, -0.05) is 12.8 Å². The van der Waals surface area contributed by atoms with Crippen LogP contribution in [0.15, 0.2) is 18.3 Å². The number of ether oxygens (including phenoxy) is 1. The molecule has 100 valence electrons. The summed E-state index contributed by atoms with van der Waals surface area (Å²) in [7, 11) is 2.07. The topological polar surface area (TPSA) is 25.4 Å². The molecule has 0 N–H and O–H groups in total. The molecule has 18 heavy (non-hydrogen) atoms. The van der Waals surface area contributed by atoms with Gasteiger partial charge in [-0.25, -0.2) is 4.98 Å². The van der Waals surface area contributed by atoms with Gasteiger partial charge in [0.15, 0.2) is 11.6 Å². The van der Waals surface area contributed by atoms with E-state index in [9.17, 15) is 0 Å². The highest BCUT2D eigenvalue weighted by Gasteiger charge is 2.28. The van der Waals surface area contributed by atoms with Crippen molar-refractivity contribution in [1.29, 1.82) is 0 Å². The molecule has 1 heterocycles. The fourth-order valence-corrected chi connectivity index (χ4v) is 3.02. The zero-order valence-electron chi connectivity index (χ0n) is 11.1. The van der Waals surface area contributed by atoms with E-state index in [1.807, 2.05) is 19.1 Å². The van der Waals surface area contributed by atoms with Gasteiger partial charge in [0.2, 0.25) is 0 Å². The summed E-state index contributed by atoms with van der Waals surface area (Å²) in [6, 6.07) is 4.23. The highest BCUT2D eigenvalue weighted by atomic mass is 35.5.